The van der Waals surface area contributed by atoms with Crippen molar-refractivity contribution < 1.29 is 9.13 Å². The van der Waals surface area contributed by atoms with Gasteiger partial charge in [0.15, 0.2) is 11.6 Å². The highest BCUT2D eigenvalue weighted by Crippen LogP contribution is 2.23. The van der Waals surface area contributed by atoms with Gasteiger partial charge >= 0.3 is 0 Å². The second-order valence-electron chi connectivity index (χ2n) is 5.24. The van der Waals surface area contributed by atoms with Crippen LogP contribution >= 0.6 is 0 Å². The fourth-order valence-electron chi connectivity index (χ4n) is 2.28. The first-order chi connectivity index (χ1) is 8.66. The molecule has 2 nitrogen and oxygen atoms in total. The van der Waals surface area contributed by atoms with E-state index < -0.39 is 0 Å². The fraction of sp³-hybridized carbons (Fsp3) is 0.600. The molecule has 0 radical (unpaired) electrons. The summed E-state index contributed by atoms with van der Waals surface area (Å²) in [6, 6.07) is 5.15. The Kier molecular flexibility index (Phi) is 4.59. The summed E-state index contributed by atoms with van der Waals surface area (Å²) < 4.78 is 19.2. The molecule has 3 heteroatoms. The molecule has 0 amide bonds. The zero-order valence-corrected chi connectivity index (χ0v) is 11.3. The van der Waals surface area contributed by atoms with Gasteiger partial charge in [-0.15, -0.1) is 0 Å². The third-order valence-corrected chi connectivity index (χ3v) is 3.49. The van der Waals surface area contributed by atoms with Crippen molar-refractivity contribution >= 4 is 0 Å². The maximum Gasteiger partial charge on any atom is 0.165 e. The van der Waals surface area contributed by atoms with Crippen molar-refractivity contribution in [3.8, 4) is 5.75 Å². The Hall–Kier alpha value is -1.09. The van der Waals surface area contributed by atoms with E-state index in [4.69, 9.17) is 4.74 Å². The number of likely N-dealkylation sites (tertiary alicyclic amines) is 1. The molecular weight excluding hydrogens is 229 g/mol. The van der Waals surface area contributed by atoms with Crippen LogP contribution in [0.15, 0.2) is 18.2 Å². The van der Waals surface area contributed by atoms with Gasteiger partial charge in [-0.25, -0.2) is 4.39 Å². The Morgan fingerprint density at radius 2 is 2.00 bits per heavy atom. The van der Waals surface area contributed by atoms with Crippen LogP contribution < -0.4 is 4.74 Å². The van der Waals surface area contributed by atoms with E-state index in [1.54, 1.807) is 0 Å². The molecule has 0 unspecified atom stereocenters. The van der Waals surface area contributed by atoms with E-state index in [0.717, 1.165) is 25.2 Å². The lowest BCUT2D eigenvalue weighted by Crippen LogP contribution is -2.25. The van der Waals surface area contributed by atoms with Crippen molar-refractivity contribution in [2.75, 3.05) is 26.2 Å². The summed E-state index contributed by atoms with van der Waals surface area (Å²) in [6.07, 6.45) is 2.55. The van der Waals surface area contributed by atoms with E-state index in [2.05, 4.69) is 18.7 Å². The molecule has 1 aromatic carbocycles. The molecule has 0 N–H and O–H groups in total. The molecule has 1 heterocycles. The van der Waals surface area contributed by atoms with E-state index in [-0.39, 0.29) is 5.82 Å². The minimum atomic E-state index is -0.263. The molecule has 1 saturated heterocycles. The Morgan fingerprint density at radius 3 is 2.67 bits per heavy atom. The van der Waals surface area contributed by atoms with E-state index in [0.29, 0.717) is 18.3 Å². The second-order valence-corrected chi connectivity index (χ2v) is 5.24. The van der Waals surface area contributed by atoms with Crippen LogP contribution in [0.4, 0.5) is 4.39 Å². The number of nitrogens with zero attached hydrogens (tertiary/aromatic N) is 1. The van der Waals surface area contributed by atoms with Crippen LogP contribution in [0, 0.1) is 5.82 Å². The van der Waals surface area contributed by atoms with Gasteiger partial charge in [0.1, 0.15) is 6.61 Å². The predicted octanol–water partition coefficient (Wildman–Crippen LogP) is 3.42. The number of hydrogen-bond donors (Lipinski definition) is 0. The molecule has 1 aliphatic rings. The van der Waals surface area contributed by atoms with E-state index in [9.17, 15) is 4.39 Å². The highest BCUT2D eigenvalue weighted by atomic mass is 19.1. The van der Waals surface area contributed by atoms with Crippen molar-refractivity contribution in [2.45, 2.75) is 32.6 Å². The minimum absolute atomic E-state index is 0.263. The summed E-state index contributed by atoms with van der Waals surface area (Å²) in [5.41, 5.74) is 1.12. The van der Waals surface area contributed by atoms with E-state index >= 15 is 0 Å². The smallest absolute Gasteiger partial charge is 0.165 e. The Bertz CT molecular complexity index is 386. The maximum atomic E-state index is 13.6. The molecular formula is C15H22FNO. The molecule has 0 atom stereocenters. The molecule has 0 aromatic heterocycles. The van der Waals surface area contributed by atoms with Crippen LogP contribution in [0.25, 0.3) is 0 Å². The molecule has 2 rings (SSSR count). The quantitative estimate of drug-likeness (QED) is 0.795. The first-order valence-corrected chi connectivity index (χ1v) is 6.81. The lowest BCUT2D eigenvalue weighted by atomic mass is 10.0. The topological polar surface area (TPSA) is 12.5 Å². The number of halogens is 1. The van der Waals surface area contributed by atoms with Crippen LogP contribution in [0.1, 0.15) is 38.2 Å². The highest BCUT2D eigenvalue weighted by Gasteiger charge is 2.12. The van der Waals surface area contributed by atoms with Gasteiger partial charge < -0.3 is 4.74 Å². The van der Waals surface area contributed by atoms with E-state index in [1.807, 2.05) is 12.1 Å². The number of benzene rings is 1. The third-order valence-electron chi connectivity index (χ3n) is 3.49. The van der Waals surface area contributed by atoms with Crippen molar-refractivity contribution in [2.24, 2.45) is 0 Å². The van der Waals surface area contributed by atoms with Gasteiger partial charge in [0.05, 0.1) is 0 Å². The van der Waals surface area contributed by atoms with Gasteiger partial charge in [0.2, 0.25) is 0 Å². The lowest BCUT2D eigenvalue weighted by Gasteiger charge is -2.16. The van der Waals surface area contributed by atoms with Crippen LogP contribution in [0.3, 0.4) is 0 Å². The average Bonchev–Trinajstić information content (AvgIpc) is 2.84. The van der Waals surface area contributed by atoms with Crippen molar-refractivity contribution in [1.82, 2.24) is 4.90 Å². The maximum absolute atomic E-state index is 13.6. The minimum Gasteiger partial charge on any atom is -0.489 e. The first kappa shape index (κ1) is 13.3. The van der Waals surface area contributed by atoms with Gasteiger partial charge in [-0.2, -0.15) is 0 Å². The average molecular weight is 251 g/mol. The standard InChI is InChI=1S/C15H22FNO/c1-12(2)13-5-6-14(16)15(11-13)18-10-9-17-7-3-4-8-17/h5-6,11-12H,3-4,7-10H2,1-2H3. The molecule has 1 fully saturated rings. The zero-order valence-electron chi connectivity index (χ0n) is 11.3. The molecule has 1 aliphatic heterocycles. The Morgan fingerprint density at radius 1 is 1.28 bits per heavy atom. The summed E-state index contributed by atoms with van der Waals surface area (Å²) >= 11 is 0. The van der Waals surface area contributed by atoms with Crippen molar-refractivity contribution in [3.63, 3.8) is 0 Å². The second kappa shape index (κ2) is 6.19. The molecule has 1 aromatic rings. The SMILES string of the molecule is CC(C)c1ccc(F)c(OCCN2CCCC2)c1. The lowest BCUT2D eigenvalue weighted by molar-refractivity contribution is 0.231. The fourth-order valence-corrected chi connectivity index (χ4v) is 2.28. The third kappa shape index (κ3) is 3.45. The van der Waals surface area contributed by atoms with Crippen LogP contribution in [-0.4, -0.2) is 31.1 Å². The van der Waals surface area contributed by atoms with Gasteiger partial charge in [-0.3, -0.25) is 4.90 Å². The number of hydrogen-bond acceptors (Lipinski definition) is 2. The van der Waals surface area contributed by atoms with Crippen LogP contribution in [-0.2, 0) is 0 Å². The molecule has 0 saturated carbocycles. The molecule has 0 spiro atoms. The summed E-state index contributed by atoms with van der Waals surface area (Å²) in [5.74, 6) is 0.521. The zero-order chi connectivity index (χ0) is 13.0. The first-order valence-electron chi connectivity index (χ1n) is 6.81. The highest BCUT2D eigenvalue weighted by molar-refractivity contribution is 5.31. The monoisotopic (exact) mass is 251 g/mol. The van der Waals surface area contributed by atoms with Gasteiger partial charge in [0.25, 0.3) is 0 Å². The summed E-state index contributed by atoms with van der Waals surface area (Å²) in [4.78, 5) is 2.37. The Balaban J connectivity index is 1.89. The predicted molar refractivity (Wildman–Crippen MR) is 71.7 cm³/mol. The van der Waals surface area contributed by atoms with Crippen LogP contribution in [0.5, 0.6) is 5.75 Å². The Labute approximate surface area is 109 Å². The largest absolute Gasteiger partial charge is 0.489 e. The molecule has 100 valence electrons. The summed E-state index contributed by atoms with van der Waals surface area (Å²) in [6.45, 7) is 7.96. The van der Waals surface area contributed by atoms with Crippen molar-refractivity contribution in [3.05, 3.63) is 29.6 Å². The molecule has 0 bridgehead atoms. The number of rotatable bonds is 5. The van der Waals surface area contributed by atoms with Gasteiger partial charge in [-0.05, 0) is 49.5 Å². The molecule has 18 heavy (non-hydrogen) atoms. The normalized spacial score (nSPS) is 16.4. The van der Waals surface area contributed by atoms with E-state index in [1.165, 1.54) is 18.9 Å². The molecule has 0 aliphatic carbocycles. The summed E-state index contributed by atoms with van der Waals surface area (Å²) in [5, 5.41) is 0. The van der Waals surface area contributed by atoms with Crippen LogP contribution in [0.2, 0.25) is 0 Å². The summed E-state index contributed by atoms with van der Waals surface area (Å²) in [7, 11) is 0. The number of ether oxygens (including phenoxy) is 1. The van der Waals surface area contributed by atoms with Gasteiger partial charge in [-0.1, -0.05) is 19.9 Å². The van der Waals surface area contributed by atoms with Crippen molar-refractivity contribution in [1.29, 1.82) is 0 Å². The van der Waals surface area contributed by atoms with Gasteiger partial charge in [0, 0.05) is 6.54 Å².